The van der Waals surface area contributed by atoms with E-state index in [1.54, 1.807) is 10.7 Å². The Morgan fingerprint density at radius 1 is 1.44 bits per heavy atom. The summed E-state index contributed by atoms with van der Waals surface area (Å²) in [5.74, 6) is 0.534. The van der Waals surface area contributed by atoms with Crippen LogP contribution in [0.15, 0.2) is 12.3 Å². The number of pyridine rings is 1. The fourth-order valence-corrected chi connectivity index (χ4v) is 2.12. The molecule has 0 aromatic carbocycles. The van der Waals surface area contributed by atoms with Crippen LogP contribution in [0.3, 0.4) is 0 Å². The molecule has 0 aliphatic rings. The molecule has 2 aromatic heterocycles. The van der Waals surface area contributed by atoms with Gasteiger partial charge in [-0.1, -0.05) is 6.92 Å². The van der Waals surface area contributed by atoms with Crippen LogP contribution in [-0.2, 0) is 6.42 Å². The van der Waals surface area contributed by atoms with Crippen LogP contribution in [-0.4, -0.2) is 14.8 Å². The molecular weight excluding hydrogens is 226 g/mol. The molecule has 0 amide bonds. The van der Waals surface area contributed by atoms with E-state index in [1.807, 2.05) is 13.8 Å². The molecule has 0 radical (unpaired) electrons. The van der Waals surface area contributed by atoms with Gasteiger partial charge in [-0.3, -0.25) is 0 Å². The monoisotopic (exact) mass is 241 g/mol. The molecule has 0 unspecified atom stereocenters. The van der Waals surface area contributed by atoms with Crippen LogP contribution in [0.5, 0.6) is 0 Å². The van der Waals surface area contributed by atoms with Gasteiger partial charge in [0.2, 0.25) is 0 Å². The van der Waals surface area contributed by atoms with Crippen molar-refractivity contribution in [1.29, 1.82) is 5.26 Å². The van der Waals surface area contributed by atoms with E-state index < -0.39 is 0 Å². The van der Waals surface area contributed by atoms with Crippen LogP contribution in [0.4, 0.5) is 5.69 Å². The van der Waals surface area contributed by atoms with Crippen molar-refractivity contribution in [3.63, 3.8) is 0 Å². The molecule has 0 atom stereocenters. The summed E-state index contributed by atoms with van der Waals surface area (Å²) >= 11 is 0. The first-order valence-corrected chi connectivity index (χ1v) is 5.79. The van der Waals surface area contributed by atoms with Gasteiger partial charge in [-0.25, -0.2) is 9.67 Å². The number of aromatic nitrogens is 3. The van der Waals surface area contributed by atoms with E-state index in [2.05, 4.69) is 23.1 Å². The molecule has 0 saturated carbocycles. The van der Waals surface area contributed by atoms with Crippen LogP contribution < -0.4 is 5.73 Å². The average Bonchev–Trinajstić information content (AvgIpc) is 2.64. The van der Waals surface area contributed by atoms with Crippen LogP contribution in [0.25, 0.3) is 5.82 Å². The fourth-order valence-electron chi connectivity index (χ4n) is 2.12. The topological polar surface area (TPSA) is 80.5 Å². The van der Waals surface area contributed by atoms with E-state index >= 15 is 0 Å². The Balaban J connectivity index is 2.67. The lowest BCUT2D eigenvalue weighted by Gasteiger charge is -2.06. The second-order valence-electron chi connectivity index (χ2n) is 4.17. The van der Waals surface area contributed by atoms with Gasteiger partial charge in [-0.05, 0) is 31.9 Å². The zero-order valence-corrected chi connectivity index (χ0v) is 10.7. The highest BCUT2D eigenvalue weighted by Crippen LogP contribution is 2.20. The smallest absolute Gasteiger partial charge is 0.171 e. The van der Waals surface area contributed by atoms with E-state index in [0.29, 0.717) is 17.1 Å². The van der Waals surface area contributed by atoms with Gasteiger partial charge >= 0.3 is 0 Å². The van der Waals surface area contributed by atoms with Gasteiger partial charge in [0.15, 0.2) is 5.82 Å². The van der Waals surface area contributed by atoms with Crippen molar-refractivity contribution in [2.45, 2.75) is 27.2 Å². The summed E-state index contributed by atoms with van der Waals surface area (Å²) in [5, 5.41) is 13.6. The first-order chi connectivity index (χ1) is 8.58. The molecule has 0 spiro atoms. The van der Waals surface area contributed by atoms with E-state index in [0.717, 1.165) is 17.8 Å². The lowest BCUT2D eigenvalue weighted by molar-refractivity contribution is 0.802. The summed E-state index contributed by atoms with van der Waals surface area (Å²) in [4.78, 5) is 4.22. The molecule has 0 fully saturated rings. The fraction of sp³-hybridized carbons (Fsp3) is 0.308. The van der Waals surface area contributed by atoms with E-state index in [9.17, 15) is 0 Å². The van der Waals surface area contributed by atoms with Crippen molar-refractivity contribution in [3.8, 4) is 11.9 Å². The molecule has 5 nitrogen and oxygen atoms in total. The number of anilines is 1. The standard InChI is InChI=1S/C13H15N5/c1-4-12-8(2)17-18(9(12)3)13-10(6-14)5-11(15)7-16-13/h5,7H,4,15H2,1-3H3. The minimum absolute atomic E-state index is 0.434. The number of nitrogens with two attached hydrogens (primary N) is 1. The predicted octanol–water partition coefficient (Wildman–Crippen LogP) is 1.90. The van der Waals surface area contributed by atoms with Crippen molar-refractivity contribution < 1.29 is 0 Å². The number of hydrogen-bond donors (Lipinski definition) is 1. The molecule has 2 rings (SSSR count). The number of nitrogens with zero attached hydrogens (tertiary/aromatic N) is 4. The van der Waals surface area contributed by atoms with Crippen molar-refractivity contribution in [1.82, 2.24) is 14.8 Å². The Bertz CT molecular complexity index is 634. The van der Waals surface area contributed by atoms with E-state index in [4.69, 9.17) is 11.0 Å². The van der Waals surface area contributed by atoms with Crippen LogP contribution >= 0.6 is 0 Å². The summed E-state index contributed by atoms with van der Waals surface area (Å²) in [6, 6.07) is 3.72. The first kappa shape index (κ1) is 12.1. The second-order valence-corrected chi connectivity index (χ2v) is 4.17. The molecule has 92 valence electrons. The Hall–Kier alpha value is -2.35. The lowest BCUT2D eigenvalue weighted by atomic mass is 10.1. The second kappa shape index (κ2) is 4.49. The predicted molar refractivity (Wildman–Crippen MR) is 69.3 cm³/mol. The number of aryl methyl sites for hydroxylation is 1. The summed E-state index contributed by atoms with van der Waals surface area (Å²) in [5.41, 5.74) is 9.73. The van der Waals surface area contributed by atoms with Gasteiger partial charge in [0.1, 0.15) is 6.07 Å². The maximum Gasteiger partial charge on any atom is 0.171 e. The molecule has 2 aromatic rings. The quantitative estimate of drug-likeness (QED) is 0.870. The highest BCUT2D eigenvalue weighted by molar-refractivity contribution is 5.52. The van der Waals surface area contributed by atoms with E-state index in [-0.39, 0.29) is 0 Å². The molecule has 2 heterocycles. The average molecular weight is 241 g/mol. The Labute approximate surface area is 106 Å². The Kier molecular flexibility index (Phi) is 3.02. The number of rotatable bonds is 2. The summed E-state index contributed by atoms with van der Waals surface area (Å²) in [6.07, 6.45) is 2.45. The molecule has 0 aliphatic carbocycles. The van der Waals surface area contributed by atoms with Crippen molar-refractivity contribution >= 4 is 5.69 Å². The Morgan fingerprint density at radius 3 is 2.72 bits per heavy atom. The van der Waals surface area contributed by atoms with Crippen LogP contribution in [0.2, 0.25) is 0 Å². The molecule has 0 bridgehead atoms. The van der Waals surface area contributed by atoms with Crippen molar-refractivity contribution in [2.75, 3.05) is 5.73 Å². The largest absolute Gasteiger partial charge is 0.397 e. The van der Waals surface area contributed by atoms with Crippen LogP contribution in [0.1, 0.15) is 29.4 Å². The van der Waals surface area contributed by atoms with Crippen molar-refractivity contribution in [2.24, 2.45) is 0 Å². The molecular formula is C13H15N5. The SMILES string of the molecule is CCc1c(C)nn(-c2ncc(N)cc2C#N)c1C. The number of hydrogen-bond acceptors (Lipinski definition) is 4. The molecule has 18 heavy (non-hydrogen) atoms. The zero-order chi connectivity index (χ0) is 13.3. The molecule has 0 saturated heterocycles. The van der Waals surface area contributed by atoms with Gasteiger partial charge in [-0.15, -0.1) is 0 Å². The highest BCUT2D eigenvalue weighted by atomic mass is 15.3. The zero-order valence-electron chi connectivity index (χ0n) is 10.7. The van der Waals surface area contributed by atoms with Crippen LogP contribution in [0, 0.1) is 25.2 Å². The van der Waals surface area contributed by atoms with Gasteiger partial charge < -0.3 is 5.73 Å². The third kappa shape index (κ3) is 1.82. The van der Waals surface area contributed by atoms with Gasteiger partial charge in [0, 0.05) is 5.69 Å². The first-order valence-electron chi connectivity index (χ1n) is 5.79. The minimum Gasteiger partial charge on any atom is -0.397 e. The number of nitriles is 1. The number of nitrogen functional groups attached to an aromatic ring is 1. The third-order valence-electron chi connectivity index (χ3n) is 3.00. The van der Waals surface area contributed by atoms with Gasteiger partial charge in [-0.2, -0.15) is 10.4 Å². The Morgan fingerprint density at radius 2 is 2.17 bits per heavy atom. The van der Waals surface area contributed by atoms with E-state index in [1.165, 1.54) is 11.8 Å². The summed E-state index contributed by atoms with van der Waals surface area (Å²) in [7, 11) is 0. The van der Waals surface area contributed by atoms with Crippen molar-refractivity contribution in [3.05, 3.63) is 34.8 Å². The van der Waals surface area contributed by atoms with Gasteiger partial charge in [0.05, 0.1) is 23.1 Å². The highest BCUT2D eigenvalue weighted by Gasteiger charge is 2.15. The lowest BCUT2D eigenvalue weighted by Crippen LogP contribution is -2.06. The maximum absolute atomic E-state index is 9.14. The molecule has 0 aliphatic heterocycles. The van der Waals surface area contributed by atoms with Gasteiger partial charge in [0.25, 0.3) is 0 Å². The molecule has 5 heteroatoms. The molecule has 2 N–H and O–H groups in total. The maximum atomic E-state index is 9.14. The summed E-state index contributed by atoms with van der Waals surface area (Å²) < 4.78 is 1.71. The third-order valence-corrected chi connectivity index (χ3v) is 3.00. The normalized spacial score (nSPS) is 10.3. The summed E-state index contributed by atoms with van der Waals surface area (Å²) in [6.45, 7) is 6.03. The minimum atomic E-state index is 0.434.